The molecular formula is C64H60N2O2. The van der Waals surface area contributed by atoms with Gasteiger partial charge in [-0.2, -0.15) is 0 Å². The van der Waals surface area contributed by atoms with E-state index in [0.717, 1.165) is 11.1 Å². The van der Waals surface area contributed by atoms with E-state index in [9.17, 15) is 10.2 Å². The van der Waals surface area contributed by atoms with Crippen molar-refractivity contribution in [1.29, 1.82) is 0 Å². The van der Waals surface area contributed by atoms with Crippen LogP contribution in [0.15, 0.2) is 243 Å². The van der Waals surface area contributed by atoms with Gasteiger partial charge in [0.05, 0.1) is 13.2 Å². The van der Waals surface area contributed by atoms with Gasteiger partial charge < -0.3 is 10.2 Å². The minimum Gasteiger partial charge on any atom is -0.395 e. The van der Waals surface area contributed by atoms with Crippen LogP contribution in [-0.2, 0) is 39.0 Å². The third kappa shape index (κ3) is 11.5. The number of hydrogen-bond donors (Lipinski definition) is 2. The van der Waals surface area contributed by atoms with E-state index >= 15 is 0 Å². The zero-order valence-electron chi connectivity index (χ0n) is 38.7. The van der Waals surface area contributed by atoms with Gasteiger partial charge in [0.2, 0.25) is 0 Å². The Morgan fingerprint density at radius 1 is 0.279 bits per heavy atom. The highest BCUT2D eigenvalue weighted by atomic mass is 16.3. The van der Waals surface area contributed by atoms with Crippen molar-refractivity contribution in [1.82, 2.24) is 9.80 Å². The van der Waals surface area contributed by atoms with Crippen LogP contribution >= 0.6 is 0 Å². The third-order valence-electron chi connectivity index (χ3n) is 13.3. The molecule has 0 unspecified atom stereocenters. The van der Waals surface area contributed by atoms with Gasteiger partial charge in [0, 0.05) is 38.3 Å². The summed E-state index contributed by atoms with van der Waals surface area (Å²) in [5.74, 6) is 0. The molecule has 2 atom stereocenters. The summed E-state index contributed by atoms with van der Waals surface area (Å²) in [6.45, 7) is 2.65. The first-order valence-corrected chi connectivity index (χ1v) is 23.9. The van der Waals surface area contributed by atoms with Crippen molar-refractivity contribution in [3.8, 4) is 44.5 Å². The summed E-state index contributed by atoms with van der Waals surface area (Å²) in [7, 11) is 0. The minimum absolute atomic E-state index is 0.0000747. The standard InChI is InChI=1S/C64H60N2O2/c67-47-59(65(43-55-32-13-17-36-61(55)51-24-5-1-6-25-51)44-56-33-14-18-37-62(56)52-26-7-2-8-27-52)41-49-22-21-23-50(40-49)42-60(48-68)66(45-57-34-15-19-38-63(57)53-28-9-3-10-29-53)46-58-35-16-20-39-64(58)54-30-11-4-12-31-54/h1-40,59-60,67-68H,41-48H2/t59-,60-/m0/s1. The molecule has 0 heterocycles. The molecule has 9 aromatic carbocycles. The Bertz CT molecular complexity index is 2590. The molecule has 0 aliphatic carbocycles. The monoisotopic (exact) mass is 888 g/mol. The highest BCUT2D eigenvalue weighted by Crippen LogP contribution is 2.32. The van der Waals surface area contributed by atoms with Crippen LogP contribution in [0.25, 0.3) is 44.5 Å². The Hall–Kier alpha value is -7.18. The molecule has 4 heteroatoms. The highest BCUT2D eigenvalue weighted by Gasteiger charge is 2.25. The molecule has 0 radical (unpaired) electrons. The number of hydrogen-bond acceptors (Lipinski definition) is 4. The van der Waals surface area contributed by atoms with Gasteiger partial charge in [-0.05, 0) is 90.7 Å². The van der Waals surface area contributed by atoms with Gasteiger partial charge in [-0.1, -0.05) is 243 Å². The smallest absolute Gasteiger partial charge is 0.0590 e. The van der Waals surface area contributed by atoms with Crippen molar-refractivity contribution < 1.29 is 10.2 Å². The second-order valence-corrected chi connectivity index (χ2v) is 17.8. The van der Waals surface area contributed by atoms with Crippen LogP contribution in [-0.4, -0.2) is 45.3 Å². The summed E-state index contributed by atoms with van der Waals surface area (Å²) in [5.41, 5.74) is 16.7. The molecular weight excluding hydrogens is 829 g/mol. The largest absolute Gasteiger partial charge is 0.395 e. The van der Waals surface area contributed by atoms with Crippen molar-refractivity contribution in [2.45, 2.75) is 51.1 Å². The quantitative estimate of drug-likeness (QED) is 0.0800. The lowest BCUT2D eigenvalue weighted by Gasteiger charge is -2.33. The predicted molar refractivity (Wildman–Crippen MR) is 282 cm³/mol. The first-order chi connectivity index (χ1) is 33.6. The third-order valence-corrected chi connectivity index (χ3v) is 13.3. The molecule has 0 aliphatic heterocycles. The molecule has 0 bridgehead atoms. The maximum Gasteiger partial charge on any atom is 0.0590 e. The number of aliphatic hydroxyl groups excluding tert-OH is 2. The van der Waals surface area contributed by atoms with Crippen LogP contribution in [0.4, 0.5) is 0 Å². The van der Waals surface area contributed by atoms with E-state index < -0.39 is 0 Å². The Morgan fingerprint density at radius 3 is 0.794 bits per heavy atom. The Kier molecular flexibility index (Phi) is 15.6. The van der Waals surface area contributed by atoms with Crippen LogP contribution in [0, 0.1) is 0 Å². The van der Waals surface area contributed by atoms with Crippen molar-refractivity contribution in [3.05, 3.63) is 276 Å². The Morgan fingerprint density at radius 2 is 0.529 bits per heavy atom. The number of rotatable bonds is 20. The van der Waals surface area contributed by atoms with E-state index in [0.29, 0.717) is 39.0 Å². The molecule has 0 amide bonds. The van der Waals surface area contributed by atoms with E-state index in [2.05, 4.69) is 252 Å². The predicted octanol–water partition coefficient (Wildman–Crippen LogP) is 13.6. The first kappa shape index (κ1) is 46.0. The highest BCUT2D eigenvalue weighted by molar-refractivity contribution is 5.70. The van der Waals surface area contributed by atoms with Crippen molar-refractivity contribution in [3.63, 3.8) is 0 Å². The molecule has 338 valence electrons. The van der Waals surface area contributed by atoms with Crippen LogP contribution in [0.2, 0.25) is 0 Å². The van der Waals surface area contributed by atoms with E-state index in [-0.39, 0.29) is 25.3 Å². The van der Waals surface area contributed by atoms with Gasteiger partial charge >= 0.3 is 0 Å². The summed E-state index contributed by atoms with van der Waals surface area (Å²) < 4.78 is 0. The van der Waals surface area contributed by atoms with E-state index in [1.54, 1.807) is 0 Å². The molecule has 0 saturated heterocycles. The number of aliphatic hydroxyl groups is 2. The van der Waals surface area contributed by atoms with Gasteiger partial charge in [0.25, 0.3) is 0 Å². The topological polar surface area (TPSA) is 46.9 Å². The van der Waals surface area contributed by atoms with E-state index in [1.807, 2.05) is 0 Å². The molecule has 9 rings (SSSR count). The van der Waals surface area contributed by atoms with E-state index in [1.165, 1.54) is 66.8 Å². The fraction of sp³-hybridized carbons (Fsp3) is 0.156. The average molecular weight is 889 g/mol. The summed E-state index contributed by atoms with van der Waals surface area (Å²) in [6, 6.07) is 85.6. The van der Waals surface area contributed by atoms with Gasteiger partial charge in [-0.25, -0.2) is 0 Å². The molecule has 0 aliphatic rings. The molecule has 2 N–H and O–H groups in total. The van der Waals surface area contributed by atoms with Gasteiger partial charge in [0.1, 0.15) is 0 Å². The lowest BCUT2D eigenvalue weighted by atomic mass is 9.94. The lowest BCUT2D eigenvalue weighted by Crippen LogP contribution is -2.39. The van der Waals surface area contributed by atoms with Crippen molar-refractivity contribution in [2.75, 3.05) is 13.2 Å². The lowest BCUT2D eigenvalue weighted by molar-refractivity contribution is 0.109. The molecule has 0 aromatic heterocycles. The maximum atomic E-state index is 11.4. The fourth-order valence-corrected chi connectivity index (χ4v) is 9.78. The number of nitrogens with zero attached hydrogens (tertiary/aromatic N) is 2. The molecule has 9 aromatic rings. The zero-order chi connectivity index (χ0) is 46.3. The second-order valence-electron chi connectivity index (χ2n) is 17.8. The molecule has 0 saturated carbocycles. The summed E-state index contributed by atoms with van der Waals surface area (Å²) in [4.78, 5) is 4.92. The van der Waals surface area contributed by atoms with Crippen molar-refractivity contribution in [2.24, 2.45) is 0 Å². The molecule has 0 spiro atoms. The van der Waals surface area contributed by atoms with Gasteiger partial charge in [0.15, 0.2) is 0 Å². The van der Waals surface area contributed by atoms with Crippen LogP contribution in [0.5, 0.6) is 0 Å². The fourth-order valence-electron chi connectivity index (χ4n) is 9.78. The first-order valence-electron chi connectivity index (χ1n) is 23.9. The average Bonchev–Trinajstić information content (AvgIpc) is 3.41. The number of benzene rings is 9. The normalized spacial score (nSPS) is 12.3. The van der Waals surface area contributed by atoms with Crippen molar-refractivity contribution >= 4 is 0 Å². The maximum absolute atomic E-state index is 11.4. The van der Waals surface area contributed by atoms with Gasteiger partial charge in [-0.15, -0.1) is 0 Å². The summed E-state index contributed by atoms with van der Waals surface area (Å²) >= 11 is 0. The van der Waals surface area contributed by atoms with Crippen LogP contribution < -0.4 is 0 Å². The van der Waals surface area contributed by atoms with Crippen LogP contribution in [0.3, 0.4) is 0 Å². The molecule has 68 heavy (non-hydrogen) atoms. The van der Waals surface area contributed by atoms with Crippen LogP contribution in [0.1, 0.15) is 33.4 Å². The zero-order valence-corrected chi connectivity index (χ0v) is 38.7. The SMILES string of the molecule is OC[C@H](Cc1cccc(C[C@@H](CO)N(Cc2ccccc2-c2ccccc2)Cc2ccccc2-c2ccccc2)c1)N(Cc1ccccc1-c1ccccc1)Cc1ccccc1-c1ccccc1. The van der Waals surface area contributed by atoms with E-state index in [4.69, 9.17) is 0 Å². The summed E-state index contributed by atoms with van der Waals surface area (Å²) in [6.07, 6.45) is 1.32. The second kappa shape index (κ2) is 23.0. The molecule has 0 fully saturated rings. The summed E-state index contributed by atoms with van der Waals surface area (Å²) in [5, 5.41) is 22.8. The Balaban J connectivity index is 1.03. The Labute approximate surface area is 403 Å². The van der Waals surface area contributed by atoms with Gasteiger partial charge in [-0.3, -0.25) is 9.80 Å². The minimum atomic E-state index is -0.174. The molecule has 4 nitrogen and oxygen atoms in total.